The molecule has 0 bridgehead atoms. The fourth-order valence-corrected chi connectivity index (χ4v) is 3.31. The van der Waals surface area contributed by atoms with Crippen LogP contribution in [0.1, 0.15) is 51.4 Å². The fraction of sp³-hybridized carbons (Fsp3) is 0.480. The Kier molecular flexibility index (Phi) is 10.1. The van der Waals surface area contributed by atoms with Gasteiger partial charge < -0.3 is 14.9 Å². The molecule has 2 atom stereocenters. The first-order valence-corrected chi connectivity index (χ1v) is 10.5. The zero-order valence-corrected chi connectivity index (χ0v) is 17.1. The van der Waals surface area contributed by atoms with Gasteiger partial charge >= 0.3 is 0 Å². The normalized spacial score (nSPS) is 12.8. The van der Waals surface area contributed by atoms with Crippen LogP contribution in [-0.4, -0.2) is 29.0 Å². The Morgan fingerprint density at radius 2 is 1.59 bits per heavy atom. The SMILES string of the molecule is C#CC(O)CCCCCOc1ccc2c(ccc[n+]2CCCCCC(O)C#C)c1. The first-order valence-electron chi connectivity index (χ1n) is 10.5. The number of fused-ring (bicyclic) bond motifs is 1. The predicted molar refractivity (Wildman–Crippen MR) is 116 cm³/mol. The molecule has 154 valence electrons. The third-order valence-corrected chi connectivity index (χ3v) is 5.00. The Morgan fingerprint density at radius 1 is 0.897 bits per heavy atom. The highest BCUT2D eigenvalue weighted by Crippen LogP contribution is 2.19. The standard InChI is InChI=1S/C25H32NO3/c1-3-22(27)13-7-5-9-17-26-18-11-12-21-20-24(15-16-25(21)26)29-19-10-6-8-14-23(28)4-2/h1-2,11-12,15-16,18,20,22-23,27-28H,5-10,13-14,17,19H2/q+1. The maximum atomic E-state index is 9.41. The molecular weight excluding hydrogens is 362 g/mol. The average Bonchev–Trinajstić information content (AvgIpc) is 2.75. The Bertz CT molecular complexity index is 834. The zero-order valence-electron chi connectivity index (χ0n) is 17.1. The molecular formula is C25H32NO3+. The summed E-state index contributed by atoms with van der Waals surface area (Å²) in [5, 5.41) is 19.9. The lowest BCUT2D eigenvalue weighted by atomic mass is 10.1. The first kappa shape index (κ1) is 22.8. The van der Waals surface area contributed by atoms with E-state index in [2.05, 4.69) is 46.9 Å². The lowest BCUT2D eigenvalue weighted by Gasteiger charge is -2.08. The number of aromatic nitrogens is 1. The summed E-state index contributed by atoms with van der Waals surface area (Å²) in [4.78, 5) is 0. The number of terminal acetylenes is 2. The molecule has 2 aromatic rings. The van der Waals surface area contributed by atoms with Crippen molar-refractivity contribution in [2.45, 2.75) is 70.1 Å². The summed E-state index contributed by atoms with van der Waals surface area (Å²) >= 11 is 0. The number of aryl methyl sites for hydroxylation is 1. The van der Waals surface area contributed by atoms with Crippen LogP contribution < -0.4 is 9.30 Å². The Morgan fingerprint density at radius 3 is 2.28 bits per heavy atom. The number of nitrogens with zero attached hydrogens (tertiary/aromatic N) is 1. The predicted octanol–water partition coefficient (Wildman–Crippen LogP) is 3.62. The van der Waals surface area contributed by atoms with Crippen molar-refractivity contribution in [2.24, 2.45) is 0 Å². The molecule has 0 aliphatic rings. The van der Waals surface area contributed by atoms with E-state index in [0.717, 1.165) is 56.2 Å². The van der Waals surface area contributed by atoms with Crippen LogP contribution in [0.5, 0.6) is 5.75 Å². The third-order valence-electron chi connectivity index (χ3n) is 5.00. The average molecular weight is 395 g/mol. The van der Waals surface area contributed by atoms with Crippen molar-refractivity contribution in [3.8, 4) is 30.4 Å². The molecule has 0 saturated heterocycles. The van der Waals surface area contributed by atoms with Gasteiger partial charge in [-0.1, -0.05) is 11.8 Å². The van der Waals surface area contributed by atoms with E-state index < -0.39 is 12.2 Å². The summed E-state index contributed by atoms with van der Waals surface area (Å²) in [5.74, 6) is 5.57. The van der Waals surface area contributed by atoms with Crippen molar-refractivity contribution in [3.63, 3.8) is 0 Å². The van der Waals surface area contributed by atoms with E-state index in [0.29, 0.717) is 19.4 Å². The lowest BCUT2D eigenvalue weighted by Crippen LogP contribution is -2.33. The van der Waals surface area contributed by atoms with Crippen molar-refractivity contribution in [1.82, 2.24) is 0 Å². The van der Waals surface area contributed by atoms with Gasteiger partial charge in [0.2, 0.25) is 5.52 Å². The minimum atomic E-state index is -0.627. The van der Waals surface area contributed by atoms with Crippen LogP contribution in [0.2, 0.25) is 0 Å². The van der Waals surface area contributed by atoms with E-state index in [4.69, 9.17) is 17.6 Å². The summed E-state index contributed by atoms with van der Waals surface area (Å²) in [6, 6.07) is 10.4. The van der Waals surface area contributed by atoms with E-state index in [1.54, 1.807) is 0 Å². The van der Waals surface area contributed by atoms with Crippen molar-refractivity contribution in [3.05, 3.63) is 36.5 Å². The smallest absolute Gasteiger partial charge is 0.212 e. The molecule has 0 fully saturated rings. The zero-order chi connectivity index (χ0) is 20.9. The second kappa shape index (κ2) is 12.8. The summed E-state index contributed by atoms with van der Waals surface area (Å²) in [5.41, 5.74) is 1.19. The van der Waals surface area contributed by atoms with Crippen LogP contribution in [0.25, 0.3) is 10.9 Å². The molecule has 1 aromatic carbocycles. The maximum Gasteiger partial charge on any atom is 0.212 e. The van der Waals surface area contributed by atoms with Crippen LogP contribution in [-0.2, 0) is 6.54 Å². The van der Waals surface area contributed by atoms with Crippen molar-refractivity contribution < 1.29 is 19.5 Å². The molecule has 0 radical (unpaired) electrons. The second-order valence-electron chi connectivity index (χ2n) is 7.33. The molecule has 2 N–H and O–H groups in total. The van der Waals surface area contributed by atoms with Crippen molar-refractivity contribution in [2.75, 3.05) is 6.61 Å². The lowest BCUT2D eigenvalue weighted by molar-refractivity contribution is -0.671. The Hall–Kier alpha value is -2.53. The van der Waals surface area contributed by atoms with E-state index in [-0.39, 0.29) is 0 Å². The second-order valence-corrected chi connectivity index (χ2v) is 7.33. The van der Waals surface area contributed by atoms with Crippen molar-refractivity contribution >= 4 is 10.9 Å². The molecule has 0 amide bonds. The molecule has 0 aliphatic heterocycles. The summed E-state index contributed by atoms with van der Waals surface area (Å²) in [7, 11) is 0. The van der Waals surface area contributed by atoms with Crippen LogP contribution in [0.4, 0.5) is 0 Å². The number of hydrogen-bond donors (Lipinski definition) is 2. The molecule has 0 spiro atoms. The quantitative estimate of drug-likeness (QED) is 0.310. The molecule has 1 aromatic heterocycles. The molecule has 0 aliphatic carbocycles. The number of pyridine rings is 1. The highest BCUT2D eigenvalue weighted by molar-refractivity contribution is 5.77. The number of unbranched alkanes of at least 4 members (excludes halogenated alkanes) is 4. The fourth-order valence-electron chi connectivity index (χ4n) is 3.31. The van der Waals surface area contributed by atoms with Gasteiger partial charge in [-0.3, -0.25) is 0 Å². The number of aliphatic hydroxyl groups excluding tert-OH is 2. The van der Waals surface area contributed by atoms with Gasteiger partial charge in [0, 0.05) is 18.6 Å². The van der Waals surface area contributed by atoms with Crippen LogP contribution >= 0.6 is 0 Å². The van der Waals surface area contributed by atoms with Gasteiger partial charge in [-0.25, -0.2) is 0 Å². The molecule has 4 heteroatoms. The summed E-state index contributed by atoms with van der Waals surface area (Å²) < 4.78 is 8.14. The minimum Gasteiger partial charge on any atom is -0.494 e. The summed E-state index contributed by atoms with van der Waals surface area (Å²) in [6.07, 6.45) is 18.4. The number of benzene rings is 1. The minimum absolute atomic E-state index is 0.617. The number of aliphatic hydroxyl groups is 2. The van der Waals surface area contributed by atoms with Crippen LogP contribution in [0.15, 0.2) is 36.5 Å². The van der Waals surface area contributed by atoms with Gasteiger partial charge in [-0.05, 0) is 63.1 Å². The molecule has 2 rings (SSSR count). The van der Waals surface area contributed by atoms with Gasteiger partial charge in [-0.2, -0.15) is 4.57 Å². The van der Waals surface area contributed by atoms with Crippen LogP contribution in [0.3, 0.4) is 0 Å². The van der Waals surface area contributed by atoms with E-state index in [1.165, 1.54) is 5.52 Å². The first-order chi connectivity index (χ1) is 14.1. The molecule has 4 nitrogen and oxygen atoms in total. The molecule has 29 heavy (non-hydrogen) atoms. The Labute approximate surface area is 174 Å². The van der Waals surface area contributed by atoms with Crippen LogP contribution in [0, 0.1) is 24.7 Å². The van der Waals surface area contributed by atoms with E-state index in [9.17, 15) is 10.2 Å². The Balaban J connectivity index is 1.78. The van der Waals surface area contributed by atoms with E-state index >= 15 is 0 Å². The molecule has 0 saturated carbocycles. The van der Waals surface area contributed by atoms with Gasteiger partial charge in [0.1, 0.15) is 24.5 Å². The number of ether oxygens (including phenoxy) is 1. The molecule has 2 unspecified atom stereocenters. The molecule has 1 heterocycles. The van der Waals surface area contributed by atoms with Gasteiger partial charge in [-0.15, -0.1) is 12.8 Å². The highest BCUT2D eigenvalue weighted by Gasteiger charge is 2.09. The largest absolute Gasteiger partial charge is 0.494 e. The van der Waals surface area contributed by atoms with E-state index in [1.807, 2.05) is 6.07 Å². The van der Waals surface area contributed by atoms with Gasteiger partial charge in [0.25, 0.3) is 0 Å². The third kappa shape index (κ3) is 8.16. The highest BCUT2D eigenvalue weighted by atomic mass is 16.5. The topological polar surface area (TPSA) is 53.6 Å². The van der Waals surface area contributed by atoms with Crippen molar-refractivity contribution in [1.29, 1.82) is 0 Å². The number of hydrogen-bond acceptors (Lipinski definition) is 3. The van der Waals surface area contributed by atoms with Gasteiger partial charge in [0.05, 0.1) is 12.0 Å². The summed E-state index contributed by atoms with van der Waals surface area (Å²) in [6.45, 7) is 1.60. The van der Waals surface area contributed by atoms with Gasteiger partial charge in [0.15, 0.2) is 6.20 Å². The maximum absolute atomic E-state index is 9.41. The number of rotatable bonds is 13. The monoisotopic (exact) mass is 394 g/mol.